The number of carbonyl (C=O) groups excluding carboxylic acids is 1. The van der Waals surface area contributed by atoms with E-state index >= 15 is 0 Å². The maximum atomic E-state index is 10.7. The van der Waals surface area contributed by atoms with Crippen molar-refractivity contribution in [3.05, 3.63) is 17.7 Å². The van der Waals surface area contributed by atoms with E-state index < -0.39 is 0 Å². The van der Waals surface area contributed by atoms with Crippen LogP contribution in [0.15, 0.2) is 12.5 Å². The van der Waals surface area contributed by atoms with Crippen molar-refractivity contribution < 1.29 is 9.53 Å². The molecule has 1 heterocycles. The Balaban J connectivity index is 2.69. The Kier molecular flexibility index (Phi) is 3.16. The first-order valence-electron chi connectivity index (χ1n) is 4.25. The molecule has 0 N–H and O–H groups in total. The summed E-state index contributed by atoms with van der Waals surface area (Å²) >= 11 is 5.69. The number of esters is 1. The largest absolute Gasteiger partial charge is 0.463 e. The van der Waals surface area contributed by atoms with Gasteiger partial charge in [0.2, 0.25) is 0 Å². The van der Waals surface area contributed by atoms with Crippen molar-refractivity contribution in [1.82, 2.24) is 9.55 Å². The average Bonchev–Trinajstić information content (AvgIpc) is 2.49. The standard InChI is InChI=1S/C9H13ClN2O2/c1-7(13)14-5-9(2,3)12-4-8(10)11-6-12/h4,6H,5H2,1-3H3. The molecule has 1 aromatic rings. The quantitative estimate of drug-likeness (QED) is 0.725. The van der Waals surface area contributed by atoms with Crippen LogP contribution in [0, 0.1) is 0 Å². The first-order valence-corrected chi connectivity index (χ1v) is 4.63. The highest BCUT2D eigenvalue weighted by atomic mass is 35.5. The number of rotatable bonds is 3. The van der Waals surface area contributed by atoms with Crippen molar-refractivity contribution in [2.24, 2.45) is 0 Å². The number of hydrogen-bond donors (Lipinski definition) is 0. The maximum absolute atomic E-state index is 10.7. The molecule has 78 valence electrons. The Morgan fingerprint density at radius 3 is 2.79 bits per heavy atom. The van der Waals surface area contributed by atoms with E-state index in [1.807, 2.05) is 18.4 Å². The number of aromatic nitrogens is 2. The molecule has 0 spiro atoms. The van der Waals surface area contributed by atoms with Gasteiger partial charge in [-0.1, -0.05) is 11.6 Å². The van der Waals surface area contributed by atoms with Gasteiger partial charge in [0.25, 0.3) is 0 Å². The van der Waals surface area contributed by atoms with E-state index in [-0.39, 0.29) is 11.5 Å². The molecule has 0 amide bonds. The molecule has 0 aromatic carbocycles. The average molecular weight is 217 g/mol. The second-order valence-corrected chi connectivity index (χ2v) is 4.08. The fourth-order valence-corrected chi connectivity index (χ4v) is 1.13. The molecule has 1 aromatic heterocycles. The number of carbonyl (C=O) groups is 1. The zero-order chi connectivity index (χ0) is 10.8. The Morgan fingerprint density at radius 1 is 1.71 bits per heavy atom. The first-order chi connectivity index (χ1) is 6.42. The van der Waals surface area contributed by atoms with Crippen molar-refractivity contribution in [3.63, 3.8) is 0 Å². The molecule has 0 unspecified atom stereocenters. The molecule has 0 radical (unpaired) electrons. The van der Waals surface area contributed by atoms with Gasteiger partial charge in [-0.2, -0.15) is 0 Å². The molecule has 14 heavy (non-hydrogen) atoms. The predicted octanol–water partition coefficient (Wildman–Crippen LogP) is 1.83. The third-order valence-electron chi connectivity index (χ3n) is 1.88. The van der Waals surface area contributed by atoms with Gasteiger partial charge in [0.1, 0.15) is 11.8 Å². The molecule has 0 aliphatic rings. The molecule has 1 rings (SSSR count). The molecule has 0 atom stereocenters. The van der Waals surface area contributed by atoms with Gasteiger partial charge >= 0.3 is 5.97 Å². The summed E-state index contributed by atoms with van der Waals surface area (Å²) in [6.07, 6.45) is 3.32. The molecule has 0 fully saturated rings. The maximum Gasteiger partial charge on any atom is 0.302 e. The van der Waals surface area contributed by atoms with Crippen LogP contribution in [-0.4, -0.2) is 22.1 Å². The third-order valence-corrected chi connectivity index (χ3v) is 2.07. The number of imidazole rings is 1. The molecule has 0 aliphatic heterocycles. The van der Waals surface area contributed by atoms with Crippen LogP contribution >= 0.6 is 11.6 Å². The highest BCUT2D eigenvalue weighted by Gasteiger charge is 2.21. The van der Waals surface area contributed by atoms with Crippen molar-refractivity contribution in [3.8, 4) is 0 Å². The number of ether oxygens (including phenoxy) is 1. The minimum Gasteiger partial charge on any atom is -0.463 e. The van der Waals surface area contributed by atoms with Crippen molar-refractivity contribution in [2.75, 3.05) is 6.61 Å². The molecule has 5 heteroatoms. The highest BCUT2D eigenvalue weighted by Crippen LogP contribution is 2.17. The summed E-state index contributed by atoms with van der Waals surface area (Å²) in [7, 11) is 0. The number of nitrogens with zero attached hydrogens (tertiary/aromatic N) is 2. The third kappa shape index (κ3) is 2.73. The van der Waals surface area contributed by atoms with E-state index in [2.05, 4.69) is 4.98 Å². The lowest BCUT2D eigenvalue weighted by atomic mass is 10.1. The van der Waals surface area contributed by atoms with Crippen LogP contribution in [-0.2, 0) is 15.1 Å². The van der Waals surface area contributed by atoms with E-state index in [1.54, 1.807) is 12.5 Å². The van der Waals surface area contributed by atoms with Crippen molar-refractivity contribution in [1.29, 1.82) is 0 Å². The molecular formula is C9H13ClN2O2. The summed E-state index contributed by atoms with van der Waals surface area (Å²) in [6, 6.07) is 0. The molecule has 0 saturated carbocycles. The summed E-state index contributed by atoms with van der Waals surface area (Å²) in [5.74, 6) is -0.288. The molecule has 4 nitrogen and oxygen atoms in total. The zero-order valence-corrected chi connectivity index (χ0v) is 9.21. The lowest BCUT2D eigenvalue weighted by Crippen LogP contribution is -2.31. The van der Waals surface area contributed by atoms with Crippen molar-refractivity contribution >= 4 is 17.6 Å². The van der Waals surface area contributed by atoms with Crippen LogP contribution < -0.4 is 0 Å². The zero-order valence-electron chi connectivity index (χ0n) is 8.45. The topological polar surface area (TPSA) is 44.1 Å². The van der Waals surface area contributed by atoms with E-state index in [9.17, 15) is 4.79 Å². The smallest absolute Gasteiger partial charge is 0.302 e. The molecule has 0 bridgehead atoms. The van der Waals surface area contributed by atoms with Gasteiger partial charge < -0.3 is 9.30 Å². The SMILES string of the molecule is CC(=O)OCC(C)(C)n1cnc(Cl)c1. The molecule has 0 saturated heterocycles. The summed E-state index contributed by atoms with van der Waals surface area (Å²) in [5, 5.41) is 0.431. The first kappa shape index (κ1) is 11.0. The van der Waals surface area contributed by atoms with E-state index in [4.69, 9.17) is 16.3 Å². The van der Waals surface area contributed by atoms with E-state index in [0.29, 0.717) is 11.8 Å². The van der Waals surface area contributed by atoms with E-state index in [1.165, 1.54) is 6.92 Å². The second kappa shape index (κ2) is 4.00. The highest BCUT2D eigenvalue weighted by molar-refractivity contribution is 6.29. The van der Waals surface area contributed by atoms with Gasteiger partial charge in [0, 0.05) is 13.1 Å². The van der Waals surface area contributed by atoms with Crippen LogP contribution in [0.2, 0.25) is 5.15 Å². The fraction of sp³-hybridized carbons (Fsp3) is 0.556. The van der Waals surface area contributed by atoms with Gasteiger partial charge in [-0.3, -0.25) is 4.79 Å². The van der Waals surface area contributed by atoms with Crippen molar-refractivity contribution in [2.45, 2.75) is 26.3 Å². The van der Waals surface area contributed by atoms with Crippen LogP contribution in [0.25, 0.3) is 0 Å². The van der Waals surface area contributed by atoms with Gasteiger partial charge in [-0.25, -0.2) is 4.98 Å². The van der Waals surface area contributed by atoms with Gasteiger partial charge in [0.05, 0.1) is 11.9 Å². The van der Waals surface area contributed by atoms with E-state index in [0.717, 1.165) is 0 Å². The summed E-state index contributed by atoms with van der Waals surface area (Å²) in [5.41, 5.74) is -0.328. The van der Waals surface area contributed by atoms with Gasteiger partial charge in [0.15, 0.2) is 0 Å². The Labute approximate surface area is 87.8 Å². The Hall–Kier alpha value is -1.03. The number of halogens is 1. The van der Waals surface area contributed by atoms with Crippen LogP contribution in [0.3, 0.4) is 0 Å². The van der Waals surface area contributed by atoms with Gasteiger partial charge in [-0.05, 0) is 13.8 Å². The normalized spacial score (nSPS) is 11.4. The minimum absolute atomic E-state index is 0.288. The van der Waals surface area contributed by atoms with Crippen LogP contribution in [0.5, 0.6) is 0 Å². The Morgan fingerprint density at radius 2 is 2.36 bits per heavy atom. The van der Waals surface area contributed by atoms with Gasteiger partial charge in [-0.15, -0.1) is 0 Å². The predicted molar refractivity (Wildman–Crippen MR) is 53.2 cm³/mol. The summed E-state index contributed by atoms with van der Waals surface area (Å²) < 4.78 is 6.76. The summed E-state index contributed by atoms with van der Waals surface area (Å²) in [4.78, 5) is 14.6. The number of hydrogen-bond acceptors (Lipinski definition) is 3. The molecular weight excluding hydrogens is 204 g/mol. The second-order valence-electron chi connectivity index (χ2n) is 3.70. The summed E-state index contributed by atoms with van der Waals surface area (Å²) in [6.45, 7) is 5.56. The fourth-order valence-electron chi connectivity index (χ4n) is 0.983. The minimum atomic E-state index is -0.328. The van der Waals surface area contributed by atoms with Crippen LogP contribution in [0.1, 0.15) is 20.8 Å². The monoisotopic (exact) mass is 216 g/mol. The Bertz CT molecular complexity index is 333. The lowest BCUT2D eigenvalue weighted by Gasteiger charge is -2.25. The van der Waals surface area contributed by atoms with Crippen LogP contribution in [0.4, 0.5) is 0 Å². The lowest BCUT2D eigenvalue weighted by molar-refractivity contribution is -0.143. The molecule has 0 aliphatic carbocycles.